The number of nitrogens with one attached hydrogen (secondary N) is 1. The van der Waals surface area contributed by atoms with Crippen molar-refractivity contribution in [1.29, 1.82) is 0 Å². The van der Waals surface area contributed by atoms with Crippen molar-refractivity contribution in [3.05, 3.63) is 59.2 Å². The van der Waals surface area contributed by atoms with Crippen LogP contribution in [0.25, 0.3) is 11.1 Å². The van der Waals surface area contributed by atoms with Crippen LogP contribution in [0.4, 0.5) is 13.2 Å². The van der Waals surface area contributed by atoms with Gasteiger partial charge in [0.15, 0.2) is 0 Å². The molecule has 3 nitrogen and oxygen atoms in total. The molecule has 0 bridgehead atoms. The number of halogens is 4. The predicted molar refractivity (Wildman–Crippen MR) is 94.5 cm³/mol. The van der Waals surface area contributed by atoms with Crippen molar-refractivity contribution in [3.8, 4) is 11.1 Å². The van der Waals surface area contributed by atoms with E-state index in [0.29, 0.717) is 5.56 Å². The fraction of sp³-hybridized carbons (Fsp3) is 0.316. The Bertz CT molecular complexity index is 761. The van der Waals surface area contributed by atoms with Crippen molar-refractivity contribution in [2.45, 2.75) is 38.7 Å². The number of rotatable bonds is 6. The lowest BCUT2D eigenvalue weighted by Gasteiger charge is -2.20. The van der Waals surface area contributed by atoms with Gasteiger partial charge in [0.25, 0.3) is 0 Å². The first-order chi connectivity index (χ1) is 12.2. The highest BCUT2D eigenvalue weighted by Crippen LogP contribution is 2.38. The summed E-state index contributed by atoms with van der Waals surface area (Å²) in [4.78, 5) is 11.1. The zero-order valence-corrected chi connectivity index (χ0v) is 15.1. The van der Waals surface area contributed by atoms with Gasteiger partial charge in [0.1, 0.15) is 6.61 Å². The first-order valence-corrected chi connectivity index (χ1v) is 8.41. The lowest BCUT2D eigenvalue weighted by molar-refractivity contribution is -0.146. The molecule has 0 saturated heterocycles. The second kappa shape index (κ2) is 8.56. The normalized spacial score (nSPS) is 12.7. The molecule has 26 heavy (non-hydrogen) atoms. The molecular formula is C19H19ClF3NO2. The molecule has 1 atom stereocenters. The highest BCUT2D eigenvalue weighted by molar-refractivity contribution is 6.20. The van der Waals surface area contributed by atoms with E-state index in [1.165, 1.54) is 12.1 Å². The molecule has 2 aromatic carbocycles. The molecule has 0 fully saturated rings. The first-order valence-electron chi connectivity index (χ1n) is 7.97. The number of hydrogen-bond acceptors (Lipinski definition) is 3. The third kappa shape index (κ3) is 5.47. The number of ether oxygens (including phenoxy) is 1. The van der Waals surface area contributed by atoms with Crippen LogP contribution in [0.3, 0.4) is 0 Å². The van der Waals surface area contributed by atoms with Crippen LogP contribution in [-0.4, -0.2) is 11.5 Å². The average molecular weight is 386 g/mol. The van der Waals surface area contributed by atoms with Gasteiger partial charge < -0.3 is 4.74 Å². The van der Waals surface area contributed by atoms with Crippen LogP contribution in [0.15, 0.2) is 42.5 Å². The molecule has 1 N–H and O–H groups in total. The minimum atomic E-state index is -4.59. The first kappa shape index (κ1) is 20.3. The maximum absolute atomic E-state index is 13.7. The molecular weight excluding hydrogens is 367 g/mol. The van der Waals surface area contributed by atoms with E-state index in [9.17, 15) is 18.0 Å². The van der Waals surface area contributed by atoms with Crippen LogP contribution in [0, 0.1) is 0 Å². The van der Waals surface area contributed by atoms with Crippen LogP contribution < -0.4 is 5.32 Å². The Labute approximate surface area is 155 Å². The highest BCUT2D eigenvalue weighted by atomic mass is 35.5. The number of hydrogen-bond donors (Lipinski definition) is 1. The molecule has 140 valence electrons. The molecule has 0 aliphatic rings. The van der Waals surface area contributed by atoms with Crippen molar-refractivity contribution in [2.75, 3.05) is 0 Å². The molecule has 1 unspecified atom stereocenters. The lowest BCUT2D eigenvalue weighted by Crippen LogP contribution is -2.23. The van der Waals surface area contributed by atoms with Crippen LogP contribution in [0.1, 0.15) is 30.5 Å². The Kier molecular flexibility index (Phi) is 6.67. The molecule has 0 saturated carbocycles. The highest BCUT2D eigenvalue weighted by Gasteiger charge is 2.36. The predicted octanol–water partition coefficient (Wildman–Crippen LogP) is 5.11. The second-order valence-corrected chi connectivity index (χ2v) is 6.47. The third-order valence-electron chi connectivity index (χ3n) is 3.70. The van der Waals surface area contributed by atoms with Gasteiger partial charge in [-0.1, -0.05) is 30.3 Å². The van der Waals surface area contributed by atoms with Gasteiger partial charge in [-0.25, -0.2) is 0 Å². The molecule has 2 rings (SSSR count). The molecule has 0 amide bonds. The van der Waals surface area contributed by atoms with E-state index in [1.807, 2.05) is 6.07 Å². The Balaban J connectivity index is 2.60. The van der Waals surface area contributed by atoms with E-state index in [-0.39, 0.29) is 17.7 Å². The molecule has 0 aliphatic carbocycles. The summed E-state index contributed by atoms with van der Waals surface area (Å²) >= 11 is 5.83. The van der Waals surface area contributed by atoms with E-state index in [2.05, 4.69) is 5.32 Å². The number of benzene rings is 2. The smallest absolute Gasteiger partial charge is 0.417 e. The summed E-state index contributed by atoms with van der Waals surface area (Å²) in [6, 6.07) is 11.9. The van der Waals surface area contributed by atoms with Gasteiger partial charge in [-0.15, -0.1) is 11.6 Å². The summed E-state index contributed by atoms with van der Waals surface area (Å²) in [5.74, 6) is -0.641. The minimum absolute atomic E-state index is 0.0495. The van der Waals surface area contributed by atoms with Gasteiger partial charge >= 0.3 is 12.1 Å². The summed E-state index contributed by atoms with van der Waals surface area (Å²) in [5.41, 5.74) is 0.0449. The third-order valence-corrected chi connectivity index (χ3v) is 3.85. The molecule has 0 aromatic heterocycles. The molecule has 2 aromatic rings. The molecule has 0 heterocycles. The Morgan fingerprint density at radius 3 is 2.31 bits per heavy atom. The summed E-state index contributed by atoms with van der Waals surface area (Å²) in [5, 5.41) is 2.80. The summed E-state index contributed by atoms with van der Waals surface area (Å²) < 4.78 is 45.9. The lowest BCUT2D eigenvalue weighted by atomic mass is 9.94. The number of carbonyl (C=O) groups excluding carboxylic acids is 1. The van der Waals surface area contributed by atoms with Gasteiger partial charge in [-0.2, -0.15) is 13.2 Å². The van der Waals surface area contributed by atoms with Crippen molar-refractivity contribution in [3.63, 3.8) is 0 Å². The maximum Gasteiger partial charge on any atom is 0.417 e. The van der Waals surface area contributed by atoms with E-state index in [4.69, 9.17) is 16.3 Å². The van der Waals surface area contributed by atoms with Crippen molar-refractivity contribution in [2.24, 2.45) is 0 Å². The SMILES string of the molecule is CC(=O)OCc1cc(-c2ccccc2)cc(CNC(C)Cl)c1C(F)(F)F. The summed E-state index contributed by atoms with van der Waals surface area (Å²) in [6.45, 7) is 2.28. The topological polar surface area (TPSA) is 38.3 Å². The van der Waals surface area contributed by atoms with Gasteiger partial charge in [-0.05, 0) is 35.7 Å². The Morgan fingerprint density at radius 2 is 1.77 bits per heavy atom. The average Bonchev–Trinajstić information content (AvgIpc) is 2.57. The number of carbonyl (C=O) groups is 1. The quantitative estimate of drug-likeness (QED) is 0.426. The van der Waals surface area contributed by atoms with Gasteiger partial charge in [0, 0.05) is 19.0 Å². The molecule has 0 aliphatic heterocycles. The van der Waals surface area contributed by atoms with E-state index >= 15 is 0 Å². The van der Waals surface area contributed by atoms with Crippen LogP contribution in [-0.2, 0) is 28.9 Å². The van der Waals surface area contributed by atoms with Gasteiger partial charge in [0.2, 0.25) is 0 Å². The Morgan fingerprint density at radius 1 is 1.15 bits per heavy atom. The molecule has 0 spiro atoms. The summed E-state index contributed by atoms with van der Waals surface area (Å²) in [7, 11) is 0. The summed E-state index contributed by atoms with van der Waals surface area (Å²) in [6.07, 6.45) is -4.59. The molecule has 7 heteroatoms. The van der Waals surface area contributed by atoms with Crippen LogP contribution >= 0.6 is 11.6 Å². The van der Waals surface area contributed by atoms with Crippen LogP contribution in [0.2, 0.25) is 0 Å². The fourth-order valence-electron chi connectivity index (χ4n) is 2.61. The monoisotopic (exact) mass is 385 g/mol. The Hall–Kier alpha value is -2.05. The number of alkyl halides is 4. The van der Waals surface area contributed by atoms with E-state index in [1.54, 1.807) is 31.2 Å². The standard InChI is InChI=1S/C19H19ClF3NO2/c1-12(20)24-10-16-8-15(14-6-4-3-5-7-14)9-17(11-26-13(2)25)18(16)19(21,22)23/h3-9,12,24H,10-11H2,1-2H3. The van der Waals surface area contributed by atoms with Gasteiger partial charge in [-0.3, -0.25) is 10.1 Å². The zero-order chi connectivity index (χ0) is 19.3. The van der Waals surface area contributed by atoms with Crippen molar-refractivity contribution in [1.82, 2.24) is 5.32 Å². The largest absolute Gasteiger partial charge is 0.461 e. The van der Waals surface area contributed by atoms with E-state index < -0.39 is 29.8 Å². The fourth-order valence-corrected chi connectivity index (χ4v) is 2.69. The van der Waals surface area contributed by atoms with Crippen molar-refractivity contribution >= 4 is 17.6 Å². The van der Waals surface area contributed by atoms with Gasteiger partial charge in [0.05, 0.1) is 11.1 Å². The molecule has 0 radical (unpaired) electrons. The minimum Gasteiger partial charge on any atom is -0.461 e. The van der Waals surface area contributed by atoms with E-state index in [0.717, 1.165) is 12.5 Å². The maximum atomic E-state index is 13.7. The zero-order valence-electron chi connectivity index (χ0n) is 14.4. The number of esters is 1. The van der Waals surface area contributed by atoms with Crippen molar-refractivity contribution < 1.29 is 22.7 Å². The second-order valence-electron chi connectivity index (χ2n) is 5.81. The van der Waals surface area contributed by atoms with Crippen LogP contribution in [0.5, 0.6) is 0 Å².